The van der Waals surface area contributed by atoms with E-state index in [-0.39, 0.29) is 29.5 Å². The maximum atomic E-state index is 13.1. The van der Waals surface area contributed by atoms with Gasteiger partial charge in [0.25, 0.3) is 0 Å². The van der Waals surface area contributed by atoms with E-state index in [1.54, 1.807) is 0 Å². The fraction of sp³-hybridized carbons (Fsp3) is 0.300. The van der Waals surface area contributed by atoms with Gasteiger partial charge < -0.3 is 0 Å². The molecule has 2 fully saturated rings. The molecule has 2 amide bonds. The molecule has 4 heteroatoms. The molecule has 2 aliphatic rings. The number of halogens is 1. The highest BCUT2D eigenvalue weighted by Gasteiger charge is 2.50. The molecule has 1 heterocycles. The second kappa shape index (κ2) is 5.86. The number of imide groups is 1. The lowest BCUT2D eigenvalue weighted by Gasteiger charge is -2.28. The van der Waals surface area contributed by atoms with E-state index in [2.05, 4.69) is 12.1 Å². The maximum absolute atomic E-state index is 13.1. The molecule has 3 unspecified atom stereocenters. The molecule has 122 valence electrons. The van der Waals surface area contributed by atoms with Crippen LogP contribution in [0.3, 0.4) is 0 Å². The fourth-order valence-corrected chi connectivity index (χ4v) is 4.05. The number of hydrogen-bond donors (Lipinski definition) is 0. The minimum Gasteiger partial charge on any atom is -0.274 e. The van der Waals surface area contributed by atoms with E-state index in [0.717, 1.165) is 12.8 Å². The van der Waals surface area contributed by atoms with Gasteiger partial charge in [-0.1, -0.05) is 30.3 Å². The summed E-state index contributed by atoms with van der Waals surface area (Å²) in [5.41, 5.74) is 1.70. The van der Waals surface area contributed by atoms with Crippen molar-refractivity contribution in [2.45, 2.75) is 25.2 Å². The number of fused-ring (bicyclic) bond motifs is 1. The van der Waals surface area contributed by atoms with Gasteiger partial charge in [0, 0.05) is 0 Å². The van der Waals surface area contributed by atoms with Gasteiger partial charge in [-0.2, -0.15) is 0 Å². The molecule has 4 rings (SSSR count). The summed E-state index contributed by atoms with van der Waals surface area (Å²) in [5, 5.41) is 0. The Bertz CT molecular complexity index is 772. The Balaban J connectivity index is 1.60. The van der Waals surface area contributed by atoms with Crippen LogP contribution in [0.25, 0.3) is 0 Å². The van der Waals surface area contributed by atoms with Crippen LogP contribution in [0, 0.1) is 17.7 Å². The summed E-state index contributed by atoms with van der Waals surface area (Å²) in [7, 11) is 0. The van der Waals surface area contributed by atoms with Crippen LogP contribution in [-0.4, -0.2) is 11.8 Å². The Morgan fingerprint density at radius 2 is 1.50 bits per heavy atom. The molecule has 24 heavy (non-hydrogen) atoms. The second-order valence-corrected chi connectivity index (χ2v) is 6.62. The van der Waals surface area contributed by atoms with Gasteiger partial charge in [0.2, 0.25) is 11.8 Å². The van der Waals surface area contributed by atoms with Crippen LogP contribution in [0.1, 0.15) is 30.7 Å². The molecule has 0 N–H and O–H groups in total. The van der Waals surface area contributed by atoms with Gasteiger partial charge in [0.1, 0.15) is 5.82 Å². The molecular formula is C20H18FNO2. The molecule has 2 aromatic carbocycles. The SMILES string of the molecule is O=C1C2CCC(c3ccccc3)CC2C(=O)N1c1ccc(F)cc1. The van der Waals surface area contributed by atoms with Crippen molar-refractivity contribution < 1.29 is 14.0 Å². The third-order valence-corrected chi connectivity index (χ3v) is 5.28. The van der Waals surface area contributed by atoms with Crippen molar-refractivity contribution in [2.24, 2.45) is 11.8 Å². The number of carbonyl (C=O) groups excluding carboxylic acids is 2. The van der Waals surface area contributed by atoms with Gasteiger partial charge in [-0.05, 0) is 55.0 Å². The van der Waals surface area contributed by atoms with E-state index in [9.17, 15) is 14.0 Å². The molecule has 1 aliphatic carbocycles. The van der Waals surface area contributed by atoms with Crippen LogP contribution in [0.4, 0.5) is 10.1 Å². The van der Waals surface area contributed by atoms with E-state index in [4.69, 9.17) is 0 Å². The van der Waals surface area contributed by atoms with E-state index >= 15 is 0 Å². The number of hydrogen-bond acceptors (Lipinski definition) is 2. The zero-order chi connectivity index (χ0) is 16.7. The number of nitrogens with zero attached hydrogens (tertiary/aromatic N) is 1. The number of rotatable bonds is 2. The third kappa shape index (κ3) is 2.42. The topological polar surface area (TPSA) is 37.4 Å². The zero-order valence-corrected chi connectivity index (χ0v) is 13.2. The Labute approximate surface area is 140 Å². The van der Waals surface area contributed by atoms with E-state index < -0.39 is 0 Å². The number of carbonyl (C=O) groups is 2. The first-order valence-corrected chi connectivity index (χ1v) is 8.33. The summed E-state index contributed by atoms with van der Waals surface area (Å²) in [6.07, 6.45) is 2.35. The molecular weight excluding hydrogens is 305 g/mol. The van der Waals surface area contributed by atoms with E-state index in [0.29, 0.717) is 18.0 Å². The van der Waals surface area contributed by atoms with Crippen LogP contribution in [-0.2, 0) is 9.59 Å². The van der Waals surface area contributed by atoms with Crippen LogP contribution >= 0.6 is 0 Å². The smallest absolute Gasteiger partial charge is 0.237 e. The van der Waals surface area contributed by atoms with E-state index in [1.165, 1.54) is 34.7 Å². The van der Waals surface area contributed by atoms with Crippen molar-refractivity contribution in [1.82, 2.24) is 0 Å². The lowest BCUT2D eigenvalue weighted by atomic mass is 9.73. The second-order valence-electron chi connectivity index (χ2n) is 6.62. The van der Waals surface area contributed by atoms with Crippen LogP contribution in [0.2, 0.25) is 0 Å². The van der Waals surface area contributed by atoms with Crippen LogP contribution < -0.4 is 4.90 Å². The van der Waals surface area contributed by atoms with Crippen LogP contribution in [0.15, 0.2) is 54.6 Å². The number of anilines is 1. The minimum absolute atomic E-state index is 0.136. The predicted molar refractivity (Wildman–Crippen MR) is 88.9 cm³/mol. The Morgan fingerprint density at radius 3 is 2.21 bits per heavy atom. The molecule has 0 bridgehead atoms. The maximum Gasteiger partial charge on any atom is 0.237 e. The first kappa shape index (κ1) is 15.1. The summed E-state index contributed by atoms with van der Waals surface area (Å²) < 4.78 is 13.1. The first-order valence-electron chi connectivity index (χ1n) is 8.33. The zero-order valence-electron chi connectivity index (χ0n) is 13.2. The van der Waals surface area contributed by atoms with Gasteiger partial charge in [-0.3, -0.25) is 14.5 Å². The molecule has 0 radical (unpaired) electrons. The largest absolute Gasteiger partial charge is 0.274 e. The summed E-state index contributed by atoms with van der Waals surface area (Å²) in [6, 6.07) is 15.7. The Hall–Kier alpha value is -2.49. The van der Waals surface area contributed by atoms with Gasteiger partial charge in [0.15, 0.2) is 0 Å². The molecule has 1 saturated heterocycles. The number of benzene rings is 2. The lowest BCUT2D eigenvalue weighted by molar-refractivity contribution is -0.122. The molecule has 3 atom stereocenters. The van der Waals surface area contributed by atoms with E-state index in [1.807, 2.05) is 18.2 Å². The first-order chi connectivity index (χ1) is 11.6. The Kier molecular flexibility index (Phi) is 3.68. The summed E-state index contributed by atoms with van der Waals surface area (Å²) in [4.78, 5) is 26.8. The summed E-state index contributed by atoms with van der Waals surface area (Å²) in [6.45, 7) is 0. The standard InChI is InChI=1S/C20H18FNO2/c21-15-7-9-16(10-8-15)22-19(23)17-11-6-14(12-18(17)20(22)24)13-4-2-1-3-5-13/h1-5,7-10,14,17-18H,6,11-12H2. The predicted octanol–water partition coefficient (Wildman–Crippen LogP) is 3.90. The monoisotopic (exact) mass is 323 g/mol. The average molecular weight is 323 g/mol. The summed E-state index contributed by atoms with van der Waals surface area (Å²) in [5.74, 6) is -0.832. The molecule has 1 saturated carbocycles. The number of amides is 2. The quantitative estimate of drug-likeness (QED) is 0.786. The fourth-order valence-electron chi connectivity index (χ4n) is 4.05. The highest BCUT2D eigenvalue weighted by molar-refractivity contribution is 6.22. The lowest BCUT2D eigenvalue weighted by Crippen LogP contribution is -2.30. The normalized spacial score (nSPS) is 26.5. The average Bonchev–Trinajstić information content (AvgIpc) is 2.87. The van der Waals surface area contributed by atoms with Crippen molar-refractivity contribution in [1.29, 1.82) is 0 Å². The molecule has 2 aromatic rings. The summed E-state index contributed by atoms with van der Waals surface area (Å²) >= 11 is 0. The van der Waals surface area contributed by atoms with Crippen LogP contribution in [0.5, 0.6) is 0 Å². The van der Waals surface area contributed by atoms with Crippen molar-refractivity contribution in [3.8, 4) is 0 Å². The van der Waals surface area contributed by atoms with Gasteiger partial charge in [-0.15, -0.1) is 0 Å². The van der Waals surface area contributed by atoms with Crippen molar-refractivity contribution in [2.75, 3.05) is 4.90 Å². The molecule has 3 nitrogen and oxygen atoms in total. The molecule has 1 aliphatic heterocycles. The van der Waals surface area contributed by atoms with Crippen molar-refractivity contribution in [3.05, 3.63) is 66.0 Å². The highest BCUT2D eigenvalue weighted by Crippen LogP contribution is 2.45. The van der Waals surface area contributed by atoms with Gasteiger partial charge >= 0.3 is 0 Å². The molecule has 0 spiro atoms. The van der Waals surface area contributed by atoms with Gasteiger partial charge in [0.05, 0.1) is 17.5 Å². The van der Waals surface area contributed by atoms with Crippen molar-refractivity contribution >= 4 is 17.5 Å². The Morgan fingerprint density at radius 1 is 0.833 bits per heavy atom. The van der Waals surface area contributed by atoms with Gasteiger partial charge in [-0.25, -0.2) is 4.39 Å². The highest BCUT2D eigenvalue weighted by atomic mass is 19.1. The minimum atomic E-state index is -0.376. The third-order valence-electron chi connectivity index (χ3n) is 5.28. The van der Waals surface area contributed by atoms with Crippen molar-refractivity contribution in [3.63, 3.8) is 0 Å². The molecule has 0 aromatic heterocycles.